The van der Waals surface area contributed by atoms with Crippen LogP contribution in [0.25, 0.3) is 0 Å². The summed E-state index contributed by atoms with van der Waals surface area (Å²) in [6, 6.07) is 11.3. The number of amides is 1. The molecular weight excluding hydrogens is 399 g/mol. The zero-order chi connectivity index (χ0) is 21.7. The zero-order valence-corrected chi connectivity index (χ0v) is 16.1. The minimum Gasteiger partial charge on any atom is -0.493 e. The highest BCUT2D eigenvalue weighted by atomic mass is 19.4. The minimum absolute atomic E-state index is 0.0109. The van der Waals surface area contributed by atoms with Crippen LogP contribution in [0.4, 0.5) is 13.2 Å². The van der Waals surface area contributed by atoms with E-state index in [1.54, 1.807) is 31.2 Å². The van der Waals surface area contributed by atoms with E-state index < -0.39 is 18.8 Å². The van der Waals surface area contributed by atoms with E-state index in [1.807, 2.05) is 6.07 Å². The van der Waals surface area contributed by atoms with Gasteiger partial charge in [-0.25, -0.2) is 0 Å². The van der Waals surface area contributed by atoms with Crippen molar-refractivity contribution in [3.05, 3.63) is 53.9 Å². The number of alkyl halides is 3. The molecule has 2 aromatic rings. The van der Waals surface area contributed by atoms with Crippen LogP contribution in [0.1, 0.15) is 30.6 Å². The largest absolute Gasteiger partial charge is 0.493 e. The molecule has 158 valence electrons. The summed E-state index contributed by atoms with van der Waals surface area (Å²) in [4.78, 5) is 16.5. The smallest absolute Gasteiger partial charge is 0.422 e. The SMILES string of the molecule is C[C@@H](NC(=O)[C@@H]1C[C@H]1COc1ccc(C#N)cc1)c1ccc(OCC(F)(F)F)cn1. The zero-order valence-electron chi connectivity index (χ0n) is 16.1. The Hall–Kier alpha value is -3.28. The van der Waals surface area contributed by atoms with Gasteiger partial charge in [-0.2, -0.15) is 18.4 Å². The lowest BCUT2D eigenvalue weighted by molar-refractivity contribution is -0.153. The van der Waals surface area contributed by atoms with Gasteiger partial charge >= 0.3 is 6.18 Å². The number of pyridine rings is 1. The molecule has 1 aromatic heterocycles. The van der Waals surface area contributed by atoms with E-state index in [-0.39, 0.29) is 23.5 Å². The first kappa shape index (κ1) is 21.4. The molecule has 0 aliphatic heterocycles. The first-order valence-corrected chi connectivity index (χ1v) is 9.34. The van der Waals surface area contributed by atoms with Gasteiger partial charge in [-0.1, -0.05) is 0 Å². The van der Waals surface area contributed by atoms with E-state index in [4.69, 9.17) is 10.00 Å². The number of hydrogen-bond acceptors (Lipinski definition) is 5. The molecule has 0 bridgehead atoms. The Kier molecular flexibility index (Phi) is 6.45. The number of halogens is 3. The highest BCUT2D eigenvalue weighted by molar-refractivity contribution is 5.81. The predicted molar refractivity (Wildman–Crippen MR) is 101 cm³/mol. The second-order valence-electron chi connectivity index (χ2n) is 7.10. The number of carbonyl (C=O) groups is 1. The fraction of sp³-hybridized carbons (Fsp3) is 0.381. The molecule has 3 atom stereocenters. The van der Waals surface area contributed by atoms with Crippen LogP contribution in [0.15, 0.2) is 42.6 Å². The van der Waals surface area contributed by atoms with Crippen LogP contribution in [0, 0.1) is 23.2 Å². The molecule has 30 heavy (non-hydrogen) atoms. The number of nitrogens with one attached hydrogen (secondary N) is 1. The van der Waals surface area contributed by atoms with E-state index in [1.165, 1.54) is 18.3 Å². The van der Waals surface area contributed by atoms with Crippen molar-refractivity contribution in [1.82, 2.24) is 10.3 Å². The number of carbonyl (C=O) groups excluding carboxylic acids is 1. The Morgan fingerprint density at radius 2 is 1.93 bits per heavy atom. The highest BCUT2D eigenvalue weighted by Gasteiger charge is 2.43. The summed E-state index contributed by atoms with van der Waals surface area (Å²) in [6.07, 6.45) is -2.49. The highest BCUT2D eigenvalue weighted by Crippen LogP contribution is 2.39. The minimum atomic E-state index is -4.41. The molecule has 1 aromatic carbocycles. The Balaban J connectivity index is 1.43. The third-order valence-electron chi connectivity index (χ3n) is 4.67. The molecule has 1 aliphatic carbocycles. The van der Waals surface area contributed by atoms with Gasteiger partial charge in [0.2, 0.25) is 5.91 Å². The average molecular weight is 419 g/mol. The van der Waals surface area contributed by atoms with Crippen LogP contribution >= 0.6 is 0 Å². The lowest BCUT2D eigenvalue weighted by Gasteiger charge is -2.14. The maximum absolute atomic E-state index is 12.4. The summed E-state index contributed by atoms with van der Waals surface area (Å²) >= 11 is 0. The molecular formula is C21H20F3N3O3. The lowest BCUT2D eigenvalue weighted by atomic mass is 10.2. The fourth-order valence-electron chi connectivity index (χ4n) is 2.87. The van der Waals surface area contributed by atoms with Crippen molar-refractivity contribution in [1.29, 1.82) is 5.26 Å². The van der Waals surface area contributed by atoms with Crippen LogP contribution in [0.3, 0.4) is 0 Å². The Bertz CT molecular complexity index is 908. The van der Waals surface area contributed by atoms with Crippen LogP contribution in [-0.2, 0) is 4.79 Å². The number of ether oxygens (including phenoxy) is 2. The summed E-state index contributed by atoms with van der Waals surface area (Å²) in [6.45, 7) is 0.775. The van der Waals surface area contributed by atoms with Gasteiger partial charge in [0.15, 0.2) is 6.61 Å². The lowest BCUT2D eigenvalue weighted by Crippen LogP contribution is -2.29. The van der Waals surface area contributed by atoms with Gasteiger partial charge in [-0.3, -0.25) is 9.78 Å². The second-order valence-corrected chi connectivity index (χ2v) is 7.10. The first-order valence-electron chi connectivity index (χ1n) is 9.34. The molecule has 1 aliphatic rings. The number of nitrogens with zero attached hydrogens (tertiary/aromatic N) is 2. The summed E-state index contributed by atoms with van der Waals surface area (Å²) in [5.41, 5.74) is 1.07. The van der Waals surface area contributed by atoms with Crippen LogP contribution < -0.4 is 14.8 Å². The molecule has 0 radical (unpaired) electrons. The third kappa shape index (κ3) is 6.11. The van der Waals surface area contributed by atoms with E-state index in [0.29, 0.717) is 30.0 Å². The van der Waals surface area contributed by atoms with Crippen LogP contribution in [0.2, 0.25) is 0 Å². The normalized spacial score (nSPS) is 18.8. The van der Waals surface area contributed by atoms with Crippen molar-refractivity contribution in [2.45, 2.75) is 25.6 Å². The average Bonchev–Trinajstić information content (AvgIpc) is 3.51. The van der Waals surface area contributed by atoms with E-state index in [9.17, 15) is 18.0 Å². The van der Waals surface area contributed by atoms with Crippen molar-refractivity contribution in [2.24, 2.45) is 11.8 Å². The molecule has 0 spiro atoms. The van der Waals surface area contributed by atoms with Crippen LogP contribution in [-0.4, -0.2) is 30.3 Å². The molecule has 0 unspecified atom stereocenters. The van der Waals surface area contributed by atoms with Gasteiger partial charge < -0.3 is 14.8 Å². The predicted octanol–water partition coefficient (Wildman–Crippen LogP) is 3.79. The van der Waals surface area contributed by atoms with Gasteiger partial charge in [0.1, 0.15) is 11.5 Å². The summed E-state index contributed by atoms with van der Waals surface area (Å²) in [5, 5.41) is 11.6. The maximum atomic E-state index is 12.4. The quantitative estimate of drug-likeness (QED) is 0.704. The number of nitriles is 1. The van der Waals surface area contributed by atoms with Crippen LogP contribution in [0.5, 0.6) is 11.5 Å². The van der Waals surface area contributed by atoms with E-state index in [0.717, 1.165) is 0 Å². The van der Waals surface area contributed by atoms with Crippen molar-refractivity contribution in [2.75, 3.05) is 13.2 Å². The molecule has 1 N–H and O–H groups in total. The third-order valence-corrected chi connectivity index (χ3v) is 4.67. The standard InChI is InChI=1S/C21H20F3N3O3/c1-13(19-7-6-17(10-26-19)30-12-21(22,23)24)27-20(28)18-8-15(18)11-29-16-4-2-14(9-25)3-5-16/h2-7,10,13,15,18H,8,11-12H2,1H3,(H,27,28)/t13-,15+,18-/m1/s1. The number of benzene rings is 1. The number of aromatic nitrogens is 1. The molecule has 1 amide bonds. The van der Waals surface area contributed by atoms with Crippen molar-refractivity contribution in [3.8, 4) is 17.6 Å². The van der Waals surface area contributed by atoms with Gasteiger partial charge in [0, 0.05) is 11.8 Å². The van der Waals surface area contributed by atoms with Gasteiger partial charge in [0.05, 0.1) is 36.2 Å². The summed E-state index contributed by atoms with van der Waals surface area (Å²) in [5.74, 6) is 0.497. The maximum Gasteiger partial charge on any atom is 0.422 e. The Morgan fingerprint density at radius 1 is 1.23 bits per heavy atom. The van der Waals surface area contributed by atoms with Gasteiger partial charge in [-0.15, -0.1) is 0 Å². The second kappa shape index (κ2) is 9.03. The number of rotatable bonds is 8. The van der Waals surface area contributed by atoms with Crippen molar-refractivity contribution >= 4 is 5.91 Å². The molecule has 0 saturated heterocycles. The van der Waals surface area contributed by atoms with Crippen molar-refractivity contribution < 1.29 is 27.4 Å². The topological polar surface area (TPSA) is 84.2 Å². The monoisotopic (exact) mass is 419 g/mol. The van der Waals surface area contributed by atoms with Gasteiger partial charge in [-0.05, 0) is 49.7 Å². The first-order chi connectivity index (χ1) is 14.2. The van der Waals surface area contributed by atoms with Gasteiger partial charge in [0.25, 0.3) is 0 Å². The van der Waals surface area contributed by atoms with E-state index in [2.05, 4.69) is 15.0 Å². The summed E-state index contributed by atoms with van der Waals surface area (Å²) in [7, 11) is 0. The molecule has 9 heteroatoms. The summed E-state index contributed by atoms with van der Waals surface area (Å²) < 4.78 is 46.8. The fourth-order valence-corrected chi connectivity index (χ4v) is 2.87. The molecule has 6 nitrogen and oxygen atoms in total. The Morgan fingerprint density at radius 3 is 2.53 bits per heavy atom. The van der Waals surface area contributed by atoms with E-state index >= 15 is 0 Å². The molecule has 1 saturated carbocycles. The molecule has 3 rings (SSSR count). The Labute approximate surface area is 171 Å². The van der Waals surface area contributed by atoms with Crippen molar-refractivity contribution in [3.63, 3.8) is 0 Å². The molecule has 1 fully saturated rings. The molecule has 1 heterocycles. The number of hydrogen-bond donors (Lipinski definition) is 1.